The number of nitrogens with zero attached hydrogens (tertiary/aromatic N) is 1. The Morgan fingerprint density at radius 1 is 1.43 bits per heavy atom. The number of aliphatic imine (C=N–C) groups is 1. The minimum Gasteiger partial charge on any atom is -0.423 e. The number of aryl methyl sites for hydroxylation is 1. The Balaban J connectivity index is 2.21. The van der Waals surface area contributed by atoms with Crippen LogP contribution in [0.25, 0.3) is 11.0 Å². The van der Waals surface area contributed by atoms with Crippen molar-refractivity contribution in [2.24, 2.45) is 10.7 Å². The fourth-order valence-corrected chi connectivity index (χ4v) is 3.09. The molecule has 6 heteroatoms. The largest absolute Gasteiger partial charge is 0.423 e. The molecule has 0 unspecified atom stereocenters. The summed E-state index contributed by atoms with van der Waals surface area (Å²) in [7, 11) is 1.63. The van der Waals surface area contributed by atoms with Crippen LogP contribution in [0.5, 0.6) is 0 Å². The maximum Gasteiger partial charge on any atom is 0.336 e. The highest BCUT2D eigenvalue weighted by Gasteiger charge is 2.08. The lowest BCUT2D eigenvalue weighted by Gasteiger charge is -2.08. The molecule has 0 spiro atoms. The molecule has 0 saturated carbocycles. The molecule has 0 saturated heterocycles. The van der Waals surface area contributed by atoms with Gasteiger partial charge in [-0.25, -0.2) is 4.79 Å². The van der Waals surface area contributed by atoms with Crippen molar-refractivity contribution in [1.82, 2.24) is 0 Å². The minimum absolute atomic E-state index is 0.0113. The van der Waals surface area contributed by atoms with Crippen molar-refractivity contribution in [3.8, 4) is 0 Å². The molecule has 2 aromatic rings. The number of hydrogen-bond acceptors (Lipinski definition) is 5. The Kier molecular flexibility index (Phi) is 6.24. The lowest BCUT2D eigenvalue weighted by atomic mass is 10.1. The number of methoxy groups -OCH3 is 1. The SMILES string of the molecule is CCc1ccc2c(CSC(N)=N[C@@H](C)COC)cc(=O)oc2c1. The maximum absolute atomic E-state index is 11.8. The number of fused-ring (bicyclic) bond motifs is 1. The van der Waals surface area contributed by atoms with E-state index in [1.165, 1.54) is 17.8 Å². The zero-order valence-corrected chi connectivity index (χ0v) is 14.5. The molecule has 0 radical (unpaired) electrons. The van der Waals surface area contributed by atoms with E-state index in [0.717, 1.165) is 22.9 Å². The van der Waals surface area contributed by atoms with Gasteiger partial charge in [0.1, 0.15) is 5.58 Å². The molecule has 2 N–H and O–H groups in total. The van der Waals surface area contributed by atoms with E-state index < -0.39 is 0 Å². The van der Waals surface area contributed by atoms with Crippen LogP contribution in [0.15, 0.2) is 38.5 Å². The predicted molar refractivity (Wildman–Crippen MR) is 96.1 cm³/mol. The van der Waals surface area contributed by atoms with Gasteiger partial charge in [-0.2, -0.15) is 0 Å². The monoisotopic (exact) mass is 334 g/mol. The zero-order chi connectivity index (χ0) is 16.8. The molecule has 1 aromatic heterocycles. The van der Waals surface area contributed by atoms with E-state index in [2.05, 4.69) is 18.0 Å². The van der Waals surface area contributed by atoms with Gasteiger partial charge in [-0.3, -0.25) is 4.99 Å². The molecule has 0 aliphatic carbocycles. The number of amidine groups is 1. The highest BCUT2D eigenvalue weighted by atomic mass is 32.2. The third kappa shape index (κ3) is 4.84. The molecule has 0 amide bonds. The van der Waals surface area contributed by atoms with Gasteiger partial charge in [0.05, 0.1) is 12.6 Å². The van der Waals surface area contributed by atoms with Gasteiger partial charge in [-0.05, 0) is 30.5 Å². The van der Waals surface area contributed by atoms with E-state index in [0.29, 0.717) is 23.1 Å². The first-order valence-electron chi connectivity index (χ1n) is 7.54. The van der Waals surface area contributed by atoms with E-state index >= 15 is 0 Å². The summed E-state index contributed by atoms with van der Waals surface area (Å²) in [5.74, 6) is 0.572. The van der Waals surface area contributed by atoms with Crippen LogP contribution in [0.2, 0.25) is 0 Å². The fourth-order valence-electron chi connectivity index (χ4n) is 2.30. The van der Waals surface area contributed by atoms with Gasteiger partial charge in [0.2, 0.25) is 0 Å². The second kappa shape index (κ2) is 8.17. The van der Waals surface area contributed by atoms with Crippen LogP contribution < -0.4 is 11.4 Å². The van der Waals surface area contributed by atoms with Crippen molar-refractivity contribution in [3.63, 3.8) is 0 Å². The molecule has 1 atom stereocenters. The Hall–Kier alpha value is -1.79. The highest BCUT2D eigenvalue weighted by molar-refractivity contribution is 8.13. The fraction of sp³-hybridized carbons (Fsp3) is 0.412. The molecule has 0 aliphatic rings. The number of rotatable bonds is 6. The Bertz CT molecular complexity index is 755. The summed E-state index contributed by atoms with van der Waals surface area (Å²) in [6.07, 6.45) is 0.898. The summed E-state index contributed by atoms with van der Waals surface area (Å²) in [5, 5.41) is 1.42. The van der Waals surface area contributed by atoms with Crippen molar-refractivity contribution >= 4 is 27.9 Å². The summed E-state index contributed by atoms with van der Waals surface area (Å²) < 4.78 is 10.3. The van der Waals surface area contributed by atoms with Crippen LogP contribution in [0.4, 0.5) is 0 Å². The number of nitrogens with two attached hydrogens (primary N) is 1. The van der Waals surface area contributed by atoms with E-state index in [1.54, 1.807) is 7.11 Å². The van der Waals surface area contributed by atoms with Crippen molar-refractivity contribution < 1.29 is 9.15 Å². The van der Waals surface area contributed by atoms with Crippen LogP contribution in [0.1, 0.15) is 25.0 Å². The van der Waals surface area contributed by atoms with E-state index in [4.69, 9.17) is 14.9 Å². The average molecular weight is 334 g/mol. The molecule has 2 rings (SSSR count). The van der Waals surface area contributed by atoms with Crippen LogP contribution in [-0.2, 0) is 16.9 Å². The molecule has 124 valence electrons. The first-order chi connectivity index (χ1) is 11.0. The first-order valence-corrected chi connectivity index (χ1v) is 8.52. The van der Waals surface area contributed by atoms with Crippen molar-refractivity contribution in [2.75, 3.05) is 13.7 Å². The van der Waals surface area contributed by atoms with Gasteiger partial charge < -0.3 is 14.9 Å². The molecule has 1 aromatic carbocycles. The number of benzene rings is 1. The van der Waals surface area contributed by atoms with Crippen molar-refractivity contribution in [1.29, 1.82) is 0 Å². The van der Waals surface area contributed by atoms with Gasteiger partial charge in [-0.15, -0.1) is 0 Å². The van der Waals surface area contributed by atoms with E-state index in [1.807, 2.05) is 19.1 Å². The smallest absolute Gasteiger partial charge is 0.336 e. The molecule has 0 aliphatic heterocycles. The average Bonchev–Trinajstić information content (AvgIpc) is 2.51. The minimum atomic E-state index is -0.343. The first kappa shape index (κ1) is 17.6. The van der Waals surface area contributed by atoms with Crippen molar-refractivity contribution in [3.05, 3.63) is 45.8 Å². The quantitative estimate of drug-likeness (QED) is 0.499. The van der Waals surface area contributed by atoms with Gasteiger partial charge in [-0.1, -0.05) is 30.8 Å². The molecular formula is C17H22N2O3S. The van der Waals surface area contributed by atoms with Crippen LogP contribution in [-0.4, -0.2) is 24.9 Å². The number of ether oxygens (including phenoxy) is 1. The summed E-state index contributed by atoms with van der Waals surface area (Å²) >= 11 is 1.41. The molecule has 23 heavy (non-hydrogen) atoms. The molecule has 0 bridgehead atoms. The number of thioether (sulfide) groups is 1. The Morgan fingerprint density at radius 2 is 2.22 bits per heavy atom. The Labute approximate surface area is 139 Å². The summed E-state index contributed by atoms with van der Waals surface area (Å²) in [5.41, 5.74) is 8.26. The standard InChI is InChI=1S/C17H22N2O3S/c1-4-12-5-6-14-13(8-16(20)22-15(14)7-12)10-23-17(18)19-11(2)9-21-3/h5-8,11H,4,9-10H2,1-3H3,(H2,18,19)/t11-/m0/s1. The second-order valence-corrected chi connectivity index (χ2v) is 6.33. The molecule has 0 fully saturated rings. The summed E-state index contributed by atoms with van der Waals surface area (Å²) in [6, 6.07) is 7.50. The Morgan fingerprint density at radius 3 is 2.91 bits per heavy atom. The van der Waals surface area contributed by atoms with Gasteiger partial charge in [0.25, 0.3) is 0 Å². The second-order valence-electron chi connectivity index (χ2n) is 5.34. The third-order valence-electron chi connectivity index (χ3n) is 3.43. The summed E-state index contributed by atoms with van der Waals surface area (Å²) in [6.45, 7) is 4.53. The summed E-state index contributed by atoms with van der Waals surface area (Å²) in [4.78, 5) is 16.1. The predicted octanol–water partition coefficient (Wildman–Crippen LogP) is 2.94. The normalized spacial score (nSPS) is 13.4. The van der Waals surface area contributed by atoms with E-state index in [9.17, 15) is 4.79 Å². The lowest BCUT2D eigenvalue weighted by molar-refractivity contribution is 0.186. The molecule has 1 heterocycles. The lowest BCUT2D eigenvalue weighted by Crippen LogP contribution is -2.15. The highest BCUT2D eigenvalue weighted by Crippen LogP contribution is 2.23. The third-order valence-corrected chi connectivity index (χ3v) is 4.29. The van der Waals surface area contributed by atoms with Crippen molar-refractivity contribution in [2.45, 2.75) is 32.1 Å². The molecular weight excluding hydrogens is 312 g/mol. The van der Waals surface area contributed by atoms with Crippen LogP contribution >= 0.6 is 11.8 Å². The maximum atomic E-state index is 11.8. The van der Waals surface area contributed by atoms with Crippen LogP contribution in [0.3, 0.4) is 0 Å². The van der Waals surface area contributed by atoms with E-state index in [-0.39, 0.29) is 11.7 Å². The topological polar surface area (TPSA) is 77.8 Å². The van der Waals surface area contributed by atoms with Gasteiger partial charge in [0, 0.05) is 24.3 Å². The van der Waals surface area contributed by atoms with Gasteiger partial charge in [0.15, 0.2) is 5.17 Å². The number of hydrogen-bond donors (Lipinski definition) is 1. The zero-order valence-electron chi connectivity index (χ0n) is 13.7. The molecule has 5 nitrogen and oxygen atoms in total. The van der Waals surface area contributed by atoms with Crippen LogP contribution in [0, 0.1) is 0 Å². The van der Waals surface area contributed by atoms with Gasteiger partial charge >= 0.3 is 5.63 Å².